The van der Waals surface area contributed by atoms with Gasteiger partial charge in [-0.15, -0.1) is 11.3 Å². The molecular weight excluding hydrogens is 282 g/mol. The molecule has 1 unspecified atom stereocenters. The molecule has 4 nitrogen and oxygen atoms in total. The van der Waals surface area contributed by atoms with Gasteiger partial charge in [-0.05, 0) is 25.0 Å². The highest BCUT2D eigenvalue weighted by Gasteiger charge is 2.23. The van der Waals surface area contributed by atoms with Gasteiger partial charge in [0.25, 0.3) is 0 Å². The zero-order valence-electron chi connectivity index (χ0n) is 11.7. The third-order valence-electron chi connectivity index (χ3n) is 3.36. The maximum Gasteiger partial charge on any atom is 0.250 e. The molecule has 19 heavy (non-hydrogen) atoms. The Morgan fingerprint density at radius 1 is 1.32 bits per heavy atom. The second kappa shape index (κ2) is 7.38. The Labute approximate surface area is 119 Å². The molecule has 0 radical (unpaired) electrons. The van der Waals surface area contributed by atoms with E-state index in [1.807, 2.05) is 6.92 Å². The van der Waals surface area contributed by atoms with Crippen LogP contribution in [0.2, 0.25) is 0 Å². The highest BCUT2D eigenvalue weighted by molar-refractivity contribution is 7.91. The normalized spacial score (nSPS) is 13.9. The lowest BCUT2D eigenvalue weighted by Crippen LogP contribution is -2.37. The number of nitrogens with one attached hydrogen (secondary N) is 1. The Bertz CT molecular complexity index is 478. The first kappa shape index (κ1) is 16.6. The molecule has 1 atom stereocenters. The Balaban J connectivity index is 2.79. The van der Waals surface area contributed by atoms with Crippen molar-refractivity contribution < 1.29 is 13.5 Å². The fraction of sp³-hybridized carbons (Fsp3) is 0.692. The van der Waals surface area contributed by atoms with Crippen LogP contribution in [0.25, 0.3) is 0 Å². The van der Waals surface area contributed by atoms with E-state index in [4.69, 9.17) is 5.11 Å². The van der Waals surface area contributed by atoms with Crippen LogP contribution >= 0.6 is 11.3 Å². The minimum atomic E-state index is -3.44. The first-order valence-electron chi connectivity index (χ1n) is 6.66. The highest BCUT2D eigenvalue weighted by Crippen LogP contribution is 2.23. The van der Waals surface area contributed by atoms with Gasteiger partial charge in [-0.25, -0.2) is 13.1 Å². The molecule has 2 N–H and O–H groups in total. The average molecular weight is 305 g/mol. The summed E-state index contributed by atoms with van der Waals surface area (Å²) in [6.45, 7) is 6.10. The smallest absolute Gasteiger partial charge is 0.250 e. The summed E-state index contributed by atoms with van der Waals surface area (Å²) in [7, 11) is -3.44. The van der Waals surface area contributed by atoms with Crippen LogP contribution in [-0.2, 0) is 16.4 Å². The lowest BCUT2D eigenvalue weighted by atomic mass is 9.96. The molecule has 0 bridgehead atoms. The van der Waals surface area contributed by atoms with Crippen LogP contribution in [0.5, 0.6) is 0 Å². The predicted octanol–water partition coefficient (Wildman–Crippen LogP) is 2.39. The van der Waals surface area contributed by atoms with E-state index in [2.05, 4.69) is 18.6 Å². The van der Waals surface area contributed by atoms with Crippen LogP contribution in [-0.4, -0.2) is 26.2 Å². The Hall–Kier alpha value is -0.430. The molecule has 0 aliphatic heterocycles. The van der Waals surface area contributed by atoms with E-state index in [0.29, 0.717) is 16.5 Å². The van der Waals surface area contributed by atoms with E-state index in [1.165, 1.54) is 11.3 Å². The third-order valence-corrected chi connectivity index (χ3v) is 6.55. The Morgan fingerprint density at radius 2 is 1.95 bits per heavy atom. The van der Waals surface area contributed by atoms with Crippen LogP contribution in [0.3, 0.4) is 0 Å². The maximum absolute atomic E-state index is 12.2. The number of sulfonamides is 1. The predicted molar refractivity (Wildman–Crippen MR) is 79.0 cm³/mol. The molecule has 1 rings (SSSR count). The average Bonchev–Trinajstić information content (AvgIpc) is 2.80. The van der Waals surface area contributed by atoms with Crippen LogP contribution < -0.4 is 4.72 Å². The van der Waals surface area contributed by atoms with E-state index >= 15 is 0 Å². The molecule has 0 aromatic carbocycles. The summed E-state index contributed by atoms with van der Waals surface area (Å²) >= 11 is 1.22. The number of aliphatic hydroxyl groups excluding tert-OH is 1. The quantitative estimate of drug-likeness (QED) is 0.775. The van der Waals surface area contributed by atoms with Crippen molar-refractivity contribution in [2.24, 2.45) is 5.92 Å². The molecule has 0 fully saturated rings. The maximum atomic E-state index is 12.2. The largest absolute Gasteiger partial charge is 0.396 e. The highest BCUT2D eigenvalue weighted by atomic mass is 32.2. The summed E-state index contributed by atoms with van der Waals surface area (Å²) in [5, 5.41) is 8.86. The number of thiophene rings is 1. The lowest BCUT2D eigenvalue weighted by molar-refractivity contribution is 0.300. The summed E-state index contributed by atoms with van der Waals surface area (Å²) in [6, 6.07) is 3.30. The summed E-state index contributed by atoms with van der Waals surface area (Å²) in [6.07, 6.45) is 2.42. The van der Waals surface area contributed by atoms with E-state index in [9.17, 15) is 8.42 Å². The molecule has 1 heterocycles. The summed E-state index contributed by atoms with van der Waals surface area (Å²) in [4.78, 5) is 0.887. The topological polar surface area (TPSA) is 66.4 Å². The van der Waals surface area contributed by atoms with Gasteiger partial charge in [-0.3, -0.25) is 0 Å². The van der Waals surface area contributed by atoms with E-state index in [-0.39, 0.29) is 12.6 Å². The van der Waals surface area contributed by atoms with E-state index in [0.717, 1.165) is 17.7 Å². The molecule has 1 aromatic heterocycles. The molecule has 0 aliphatic rings. The first-order chi connectivity index (χ1) is 8.94. The summed E-state index contributed by atoms with van der Waals surface area (Å²) in [5.41, 5.74) is 0. The Morgan fingerprint density at radius 3 is 2.47 bits per heavy atom. The van der Waals surface area contributed by atoms with Gasteiger partial charge in [0.05, 0.1) is 0 Å². The number of aliphatic hydroxyl groups is 1. The Kier molecular flexibility index (Phi) is 6.46. The monoisotopic (exact) mass is 305 g/mol. The van der Waals surface area contributed by atoms with E-state index in [1.54, 1.807) is 12.1 Å². The van der Waals surface area contributed by atoms with Crippen molar-refractivity contribution in [1.29, 1.82) is 0 Å². The van der Waals surface area contributed by atoms with Gasteiger partial charge < -0.3 is 5.11 Å². The summed E-state index contributed by atoms with van der Waals surface area (Å²) in [5.74, 6) is 0.353. The van der Waals surface area contributed by atoms with Crippen molar-refractivity contribution in [3.63, 3.8) is 0 Å². The third kappa shape index (κ3) is 4.56. The van der Waals surface area contributed by atoms with Crippen LogP contribution in [0.4, 0.5) is 0 Å². The fourth-order valence-corrected chi connectivity index (χ4v) is 4.82. The van der Waals surface area contributed by atoms with Crippen molar-refractivity contribution in [1.82, 2.24) is 4.72 Å². The molecule has 6 heteroatoms. The van der Waals surface area contributed by atoms with Crippen LogP contribution in [0, 0.1) is 5.92 Å². The molecular formula is C13H23NO3S2. The van der Waals surface area contributed by atoms with Crippen molar-refractivity contribution in [2.45, 2.75) is 50.3 Å². The van der Waals surface area contributed by atoms with Crippen molar-refractivity contribution >= 4 is 21.4 Å². The van der Waals surface area contributed by atoms with Crippen LogP contribution in [0.1, 0.15) is 38.5 Å². The fourth-order valence-electron chi connectivity index (χ4n) is 2.14. The molecule has 0 aliphatic carbocycles. The molecule has 0 spiro atoms. The first-order valence-corrected chi connectivity index (χ1v) is 8.96. The summed E-state index contributed by atoms with van der Waals surface area (Å²) < 4.78 is 27.5. The van der Waals surface area contributed by atoms with Gasteiger partial charge in [0.15, 0.2) is 0 Å². The minimum Gasteiger partial charge on any atom is -0.396 e. The van der Waals surface area contributed by atoms with Gasteiger partial charge in [-0.1, -0.05) is 26.7 Å². The second-order valence-corrected chi connectivity index (χ2v) is 7.79. The van der Waals surface area contributed by atoms with Gasteiger partial charge >= 0.3 is 0 Å². The van der Waals surface area contributed by atoms with Crippen LogP contribution in [0.15, 0.2) is 16.3 Å². The van der Waals surface area contributed by atoms with E-state index < -0.39 is 10.0 Å². The van der Waals surface area contributed by atoms with Crippen molar-refractivity contribution in [2.75, 3.05) is 6.61 Å². The zero-order chi connectivity index (χ0) is 14.5. The molecule has 0 saturated heterocycles. The number of hydrogen-bond donors (Lipinski definition) is 2. The minimum absolute atomic E-state index is 0.0393. The standard InChI is InChI=1S/C13H23NO3S2/c1-4-11(5-2)10(3)14-19(16,17)13-7-6-12(18-13)8-9-15/h6-7,10-11,14-15H,4-5,8-9H2,1-3H3. The number of rotatable bonds is 8. The van der Waals surface area contributed by atoms with Gasteiger partial charge in [0, 0.05) is 23.9 Å². The second-order valence-electron chi connectivity index (χ2n) is 4.68. The molecule has 0 saturated carbocycles. The van der Waals surface area contributed by atoms with Crippen molar-refractivity contribution in [3.05, 3.63) is 17.0 Å². The SMILES string of the molecule is CCC(CC)C(C)NS(=O)(=O)c1ccc(CCO)s1. The lowest BCUT2D eigenvalue weighted by Gasteiger charge is -2.21. The van der Waals surface area contributed by atoms with Crippen molar-refractivity contribution in [3.8, 4) is 0 Å². The molecule has 0 amide bonds. The van der Waals surface area contributed by atoms with Gasteiger partial charge in [-0.2, -0.15) is 0 Å². The molecule has 110 valence electrons. The van der Waals surface area contributed by atoms with Gasteiger partial charge in [0.1, 0.15) is 4.21 Å². The zero-order valence-corrected chi connectivity index (χ0v) is 13.4. The van der Waals surface area contributed by atoms with Gasteiger partial charge in [0.2, 0.25) is 10.0 Å². The number of hydrogen-bond acceptors (Lipinski definition) is 4. The molecule has 1 aromatic rings.